The van der Waals surface area contributed by atoms with Crippen LogP contribution >= 0.6 is 0 Å². The van der Waals surface area contributed by atoms with Crippen LogP contribution in [-0.4, -0.2) is 58.6 Å². The molecule has 0 saturated carbocycles. The summed E-state index contributed by atoms with van der Waals surface area (Å²) >= 11 is 0. The van der Waals surface area contributed by atoms with Gasteiger partial charge in [-0.3, -0.25) is 14.6 Å². The molecule has 0 spiro atoms. The summed E-state index contributed by atoms with van der Waals surface area (Å²) in [6.07, 6.45) is 0. The van der Waals surface area contributed by atoms with Gasteiger partial charge < -0.3 is 14.2 Å². The van der Waals surface area contributed by atoms with E-state index in [2.05, 4.69) is 25.3 Å². The Kier molecular flexibility index (Phi) is 5.91. The maximum Gasteiger partial charge on any atom is 0.251 e. The van der Waals surface area contributed by atoms with Crippen LogP contribution in [0.5, 0.6) is 0 Å². The fraction of sp³-hybridized carbons (Fsp3) is 0.381. The van der Waals surface area contributed by atoms with E-state index in [1.54, 1.807) is 12.1 Å². The Hall–Kier alpha value is -3.04. The monoisotopic (exact) mass is 413 g/mol. The van der Waals surface area contributed by atoms with Crippen molar-refractivity contribution in [2.75, 3.05) is 38.0 Å². The summed E-state index contributed by atoms with van der Waals surface area (Å²) in [5.41, 5.74) is 1.29. The first-order chi connectivity index (χ1) is 14.5. The molecule has 8 nitrogen and oxygen atoms in total. The lowest BCUT2D eigenvalue weighted by atomic mass is 10.2. The van der Waals surface area contributed by atoms with Crippen molar-refractivity contribution in [1.29, 1.82) is 0 Å². The first kappa shape index (κ1) is 20.2. The minimum Gasteiger partial charge on any atom is -0.466 e. The second-order valence-electron chi connectivity index (χ2n) is 7.44. The zero-order valence-electron chi connectivity index (χ0n) is 17.0. The first-order valence-corrected chi connectivity index (χ1v) is 9.86. The third-order valence-electron chi connectivity index (χ3n) is 5.04. The van der Waals surface area contributed by atoms with Crippen molar-refractivity contribution in [3.8, 4) is 11.5 Å². The first-order valence-electron chi connectivity index (χ1n) is 9.86. The molecule has 9 heteroatoms. The lowest BCUT2D eigenvalue weighted by molar-refractivity contribution is -0.117. The van der Waals surface area contributed by atoms with Crippen molar-refractivity contribution < 1.29 is 18.0 Å². The highest BCUT2D eigenvalue weighted by molar-refractivity contribution is 5.92. The number of nitrogens with zero attached hydrogens (tertiary/aromatic N) is 4. The van der Waals surface area contributed by atoms with Crippen LogP contribution in [-0.2, 0) is 11.3 Å². The van der Waals surface area contributed by atoms with Gasteiger partial charge in [0.25, 0.3) is 5.89 Å². The van der Waals surface area contributed by atoms with Crippen LogP contribution in [0.15, 0.2) is 39.2 Å². The summed E-state index contributed by atoms with van der Waals surface area (Å²) in [5, 5.41) is 11.0. The van der Waals surface area contributed by atoms with Gasteiger partial charge in [-0.15, -0.1) is 10.2 Å². The van der Waals surface area contributed by atoms with Crippen molar-refractivity contribution in [2.45, 2.75) is 20.4 Å². The SMILES string of the molecule is Cc1cc(-c2nnc(CN3CCN(CC(=O)Nc4cccc(F)c4)CC3)o2)c(C)o1. The number of halogens is 1. The maximum atomic E-state index is 13.2. The zero-order chi connectivity index (χ0) is 21.1. The van der Waals surface area contributed by atoms with E-state index in [9.17, 15) is 9.18 Å². The summed E-state index contributed by atoms with van der Waals surface area (Å²) < 4.78 is 24.5. The number of hydrogen-bond donors (Lipinski definition) is 1. The molecule has 0 bridgehead atoms. The highest BCUT2D eigenvalue weighted by atomic mass is 19.1. The summed E-state index contributed by atoms with van der Waals surface area (Å²) in [7, 11) is 0. The van der Waals surface area contributed by atoms with Gasteiger partial charge in [0.2, 0.25) is 11.8 Å². The van der Waals surface area contributed by atoms with Crippen LogP contribution in [0.1, 0.15) is 17.4 Å². The van der Waals surface area contributed by atoms with Gasteiger partial charge in [-0.1, -0.05) is 6.07 Å². The minimum absolute atomic E-state index is 0.152. The number of nitrogens with one attached hydrogen (secondary N) is 1. The summed E-state index contributed by atoms with van der Waals surface area (Å²) in [6, 6.07) is 7.78. The molecule has 1 N–H and O–H groups in total. The van der Waals surface area contributed by atoms with Gasteiger partial charge in [-0.25, -0.2) is 4.39 Å². The van der Waals surface area contributed by atoms with Gasteiger partial charge in [-0.05, 0) is 38.1 Å². The van der Waals surface area contributed by atoms with Crippen molar-refractivity contribution in [2.24, 2.45) is 0 Å². The minimum atomic E-state index is -0.372. The third kappa shape index (κ3) is 4.92. The molecular weight excluding hydrogens is 389 g/mol. The van der Waals surface area contributed by atoms with Crippen LogP contribution < -0.4 is 5.32 Å². The summed E-state index contributed by atoms with van der Waals surface area (Å²) in [5.74, 6) is 2.06. The molecule has 1 aliphatic rings. The Morgan fingerprint density at radius 1 is 1.10 bits per heavy atom. The molecule has 0 radical (unpaired) electrons. The van der Waals surface area contributed by atoms with Gasteiger partial charge in [-0.2, -0.15) is 0 Å². The molecule has 3 aromatic rings. The lowest BCUT2D eigenvalue weighted by Crippen LogP contribution is -2.48. The molecule has 2 aromatic heterocycles. The molecule has 0 aliphatic carbocycles. The van der Waals surface area contributed by atoms with Gasteiger partial charge in [0.1, 0.15) is 17.3 Å². The van der Waals surface area contributed by atoms with Gasteiger partial charge >= 0.3 is 0 Å². The van der Waals surface area contributed by atoms with E-state index < -0.39 is 0 Å². The van der Waals surface area contributed by atoms with E-state index in [4.69, 9.17) is 8.83 Å². The van der Waals surface area contributed by atoms with E-state index in [-0.39, 0.29) is 18.3 Å². The number of amides is 1. The molecule has 3 heterocycles. The molecule has 1 aliphatic heterocycles. The average Bonchev–Trinajstić information content (AvgIpc) is 3.29. The van der Waals surface area contributed by atoms with Crippen LogP contribution in [0.3, 0.4) is 0 Å². The van der Waals surface area contributed by atoms with Gasteiger partial charge in [0.05, 0.1) is 18.7 Å². The fourth-order valence-electron chi connectivity index (χ4n) is 3.54. The lowest BCUT2D eigenvalue weighted by Gasteiger charge is -2.33. The van der Waals surface area contributed by atoms with Gasteiger partial charge in [0, 0.05) is 31.9 Å². The average molecular weight is 413 g/mol. The smallest absolute Gasteiger partial charge is 0.251 e. The molecule has 158 valence electrons. The second-order valence-corrected chi connectivity index (χ2v) is 7.44. The van der Waals surface area contributed by atoms with Crippen LogP contribution in [0, 0.1) is 19.7 Å². The summed E-state index contributed by atoms with van der Waals surface area (Å²) in [4.78, 5) is 16.5. The number of rotatable bonds is 6. The number of aryl methyl sites for hydroxylation is 2. The molecule has 0 atom stereocenters. The van der Waals surface area contributed by atoms with Crippen molar-refractivity contribution >= 4 is 11.6 Å². The van der Waals surface area contributed by atoms with Crippen molar-refractivity contribution in [3.63, 3.8) is 0 Å². The number of hydrogen-bond acceptors (Lipinski definition) is 7. The van der Waals surface area contributed by atoms with Crippen molar-refractivity contribution in [1.82, 2.24) is 20.0 Å². The van der Waals surface area contributed by atoms with E-state index in [0.29, 0.717) is 24.0 Å². The Morgan fingerprint density at radius 3 is 2.57 bits per heavy atom. The molecule has 1 fully saturated rings. The number of aromatic nitrogens is 2. The zero-order valence-corrected chi connectivity index (χ0v) is 17.0. The molecule has 1 amide bonds. The quantitative estimate of drug-likeness (QED) is 0.665. The standard InChI is InChI=1S/C21H24FN5O3/c1-14-10-18(15(2)29-14)21-25-24-20(30-21)13-27-8-6-26(7-9-27)12-19(28)23-17-5-3-4-16(22)11-17/h3-5,10-11H,6-9,12-13H2,1-2H3,(H,23,28). The number of piperazine rings is 1. The van der Waals surface area contributed by atoms with Crippen LogP contribution in [0.4, 0.5) is 10.1 Å². The molecule has 1 aromatic carbocycles. The molecule has 4 rings (SSSR count). The maximum absolute atomic E-state index is 13.2. The number of carbonyl (C=O) groups is 1. The molecular formula is C21H24FN5O3. The third-order valence-corrected chi connectivity index (χ3v) is 5.04. The highest BCUT2D eigenvalue weighted by Crippen LogP contribution is 2.25. The molecule has 0 unspecified atom stereocenters. The van der Waals surface area contributed by atoms with E-state index in [0.717, 1.165) is 43.3 Å². The topological polar surface area (TPSA) is 87.6 Å². The van der Waals surface area contributed by atoms with Crippen molar-refractivity contribution in [3.05, 3.63) is 53.6 Å². The van der Waals surface area contributed by atoms with Crippen LogP contribution in [0.25, 0.3) is 11.5 Å². The molecule has 30 heavy (non-hydrogen) atoms. The predicted octanol–water partition coefficient (Wildman–Crippen LogP) is 2.84. The Bertz CT molecular complexity index is 1020. The Labute approximate surface area is 173 Å². The number of carbonyl (C=O) groups excluding carboxylic acids is 1. The van der Waals surface area contributed by atoms with E-state index in [1.165, 1.54) is 12.1 Å². The number of furan rings is 1. The van der Waals surface area contributed by atoms with E-state index in [1.807, 2.05) is 19.9 Å². The van der Waals surface area contributed by atoms with Crippen LogP contribution in [0.2, 0.25) is 0 Å². The predicted molar refractivity (Wildman–Crippen MR) is 108 cm³/mol. The number of benzene rings is 1. The Balaban J connectivity index is 1.25. The van der Waals surface area contributed by atoms with Gasteiger partial charge in [0.15, 0.2) is 0 Å². The largest absolute Gasteiger partial charge is 0.466 e. The number of anilines is 1. The fourth-order valence-corrected chi connectivity index (χ4v) is 3.54. The van der Waals surface area contributed by atoms with E-state index >= 15 is 0 Å². The Morgan fingerprint density at radius 2 is 1.87 bits per heavy atom. The summed E-state index contributed by atoms with van der Waals surface area (Å²) in [6.45, 7) is 7.65. The molecule has 1 saturated heterocycles. The highest BCUT2D eigenvalue weighted by Gasteiger charge is 2.21. The normalized spacial score (nSPS) is 15.4. The second kappa shape index (κ2) is 8.76.